The van der Waals surface area contributed by atoms with Crippen molar-refractivity contribution in [2.45, 2.75) is 23.9 Å². The molecular weight excluding hydrogens is 493 g/mol. The molecule has 1 atom stereocenters. The van der Waals surface area contributed by atoms with E-state index in [2.05, 4.69) is 11.0 Å². The van der Waals surface area contributed by atoms with E-state index in [0.717, 1.165) is 11.3 Å². The molecular formula is C25H23Cl2N3O3S. The minimum absolute atomic E-state index is 0.103. The number of sulfonamides is 1. The summed E-state index contributed by atoms with van der Waals surface area (Å²) in [6.45, 7) is 1.18. The SMILES string of the molecule is COc1ccc(S(=O)(=O)N2CC[C@H](N(Cc3ccccc3Cl)c3ccc(C#N)c(Cl)c3)C2)cc1. The molecule has 0 N–H and O–H groups in total. The maximum atomic E-state index is 13.3. The van der Waals surface area contributed by atoms with E-state index in [-0.39, 0.29) is 10.9 Å². The largest absolute Gasteiger partial charge is 0.497 e. The van der Waals surface area contributed by atoms with Crippen molar-refractivity contribution in [3.8, 4) is 11.8 Å². The molecule has 6 nitrogen and oxygen atoms in total. The molecule has 34 heavy (non-hydrogen) atoms. The van der Waals surface area contributed by atoms with Crippen LogP contribution in [0.25, 0.3) is 0 Å². The Labute approximate surface area is 209 Å². The van der Waals surface area contributed by atoms with E-state index < -0.39 is 10.0 Å². The molecule has 0 saturated carbocycles. The third-order valence-electron chi connectivity index (χ3n) is 5.97. The van der Waals surface area contributed by atoms with Crippen LogP contribution in [0.5, 0.6) is 5.75 Å². The predicted octanol–water partition coefficient (Wildman–Crippen LogP) is 5.34. The van der Waals surface area contributed by atoms with Gasteiger partial charge in [0.2, 0.25) is 10.0 Å². The Bertz CT molecular complexity index is 1320. The summed E-state index contributed by atoms with van der Waals surface area (Å²) in [5.41, 5.74) is 2.11. The summed E-state index contributed by atoms with van der Waals surface area (Å²) in [4.78, 5) is 2.34. The van der Waals surface area contributed by atoms with Crippen LogP contribution in [-0.4, -0.2) is 39.0 Å². The highest BCUT2D eigenvalue weighted by atomic mass is 35.5. The van der Waals surface area contributed by atoms with Crippen molar-refractivity contribution < 1.29 is 13.2 Å². The van der Waals surface area contributed by atoms with Gasteiger partial charge in [-0.05, 0) is 60.5 Å². The average Bonchev–Trinajstić information content (AvgIpc) is 3.34. The zero-order valence-electron chi connectivity index (χ0n) is 18.5. The van der Waals surface area contributed by atoms with E-state index in [0.29, 0.717) is 47.4 Å². The van der Waals surface area contributed by atoms with E-state index in [4.69, 9.17) is 27.9 Å². The molecule has 0 radical (unpaired) electrons. The second-order valence-electron chi connectivity index (χ2n) is 7.98. The van der Waals surface area contributed by atoms with Crippen LogP contribution in [0.15, 0.2) is 71.6 Å². The fraction of sp³-hybridized carbons (Fsp3) is 0.240. The van der Waals surface area contributed by atoms with Crippen molar-refractivity contribution in [3.63, 3.8) is 0 Å². The molecule has 0 amide bonds. The van der Waals surface area contributed by atoms with E-state index in [1.807, 2.05) is 30.3 Å². The maximum absolute atomic E-state index is 13.3. The molecule has 0 bridgehead atoms. The van der Waals surface area contributed by atoms with Crippen molar-refractivity contribution in [2.75, 3.05) is 25.1 Å². The Hall–Kier alpha value is -2.76. The third-order valence-corrected chi connectivity index (χ3v) is 8.53. The minimum Gasteiger partial charge on any atom is -0.497 e. The molecule has 0 aliphatic carbocycles. The number of hydrogen-bond donors (Lipinski definition) is 0. The van der Waals surface area contributed by atoms with Gasteiger partial charge in [-0.1, -0.05) is 41.4 Å². The van der Waals surface area contributed by atoms with Crippen LogP contribution in [0.4, 0.5) is 5.69 Å². The molecule has 0 unspecified atom stereocenters. The van der Waals surface area contributed by atoms with Gasteiger partial charge in [0.1, 0.15) is 11.8 Å². The van der Waals surface area contributed by atoms with Gasteiger partial charge in [-0.25, -0.2) is 8.42 Å². The molecule has 0 aromatic heterocycles. The lowest BCUT2D eigenvalue weighted by molar-refractivity contribution is 0.414. The Morgan fingerprint density at radius 1 is 1.09 bits per heavy atom. The molecule has 1 fully saturated rings. The van der Waals surface area contributed by atoms with Gasteiger partial charge >= 0.3 is 0 Å². The molecule has 3 aromatic carbocycles. The summed E-state index contributed by atoms with van der Waals surface area (Å²) in [7, 11) is -2.12. The Kier molecular flexibility index (Phi) is 7.34. The van der Waals surface area contributed by atoms with Crippen molar-refractivity contribution in [3.05, 3.63) is 87.9 Å². The molecule has 176 valence electrons. The Balaban J connectivity index is 1.63. The van der Waals surface area contributed by atoms with E-state index >= 15 is 0 Å². The van der Waals surface area contributed by atoms with Crippen LogP contribution in [0, 0.1) is 11.3 Å². The fourth-order valence-corrected chi connectivity index (χ4v) is 6.00. The quantitative estimate of drug-likeness (QED) is 0.424. The van der Waals surface area contributed by atoms with Crippen molar-refractivity contribution in [2.24, 2.45) is 0 Å². The van der Waals surface area contributed by atoms with Gasteiger partial charge in [-0.3, -0.25) is 0 Å². The molecule has 9 heteroatoms. The summed E-state index contributed by atoms with van der Waals surface area (Å²) in [5, 5.41) is 10.2. The average molecular weight is 516 g/mol. The van der Waals surface area contributed by atoms with Crippen molar-refractivity contribution >= 4 is 38.9 Å². The highest BCUT2D eigenvalue weighted by Crippen LogP contribution is 2.32. The lowest BCUT2D eigenvalue weighted by Gasteiger charge is -2.32. The van der Waals surface area contributed by atoms with Gasteiger partial charge in [0.25, 0.3) is 0 Å². The van der Waals surface area contributed by atoms with Crippen LogP contribution in [0.2, 0.25) is 10.0 Å². The second-order valence-corrected chi connectivity index (χ2v) is 10.7. The Morgan fingerprint density at radius 2 is 1.82 bits per heavy atom. The van der Waals surface area contributed by atoms with Gasteiger partial charge in [0, 0.05) is 36.4 Å². The van der Waals surface area contributed by atoms with Gasteiger partial charge in [0.05, 0.1) is 22.6 Å². The summed E-state index contributed by atoms with van der Waals surface area (Å²) in [6, 6.07) is 21.2. The smallest absolute Gasteiger partial charge is 0.243 e. The molecule has 1 aliphatic heterocycles. The number of nitriles is 1. The third kappa shape index (κ3) is 5.01. The number of hydrogen-bond acceptors (Lipinski definition) is 5. The van der Waals surface area contributed by atoms with Crippen LogP contribution >= 0.6 is 23.2 Å². The van der Waals surface area contributed by atoms with Crippen molar-refractivity contribution in [1.82, 2.24) is 4.31 Å². The molecule has 1 heterocycles. The number of anilines is 1. The summed E-state index contributed by atoms with van der Waals surface area (Å²) >= 11 is 12.8. The maximum Gasteiger partial charge on any atom is 0.243 e. The van der Waals surface area contributed by atoms with Crippen LogP contribution in [0.1, 0.15) is 17.5 Å². The second kappa shape index (κ2) is 10.2. The number of benzene rings is 3. The van der Waals surface area contributed by atoms with E-state index in [1.54, 1.807) is 36.4 Å². The van der Waals surface area contributed by atoms with Crippen LogP contribution in [0.3, 0.4) is 0 Å². The Morgan fingerprint density at radius 3 is 2.47 bits per heavy atom. The summed E-state index contributed by atoms with van der Waals surface area (Å²) in [5.74, 6) is 0.599. The van der Waals surface area contributed by atoms with E-state index in [1.165, 1.54) is 11.4 Å². The number of halogens is 2. The molecule has 3 aromatic rings. The molecule has 0 spiro atoms. The number of methoxy groups -OCH3 is 1. The fourth-order valence-electron chi connectivity index (χ4n) is 4.09. The lowest BCUT2D eigenvalue weighted by Crippen LogP contribution is -2.38. The van der Waals surface area contributed by atoms with Crippen LogP contribution < -0.4 is 9.64 Å². The normalized spacial score (nSPS) is 16.2. The van der Waals surface area contributed by atoms with Gasteiger partial charge in [0.15, 0.2) is 0 Å². The first-order valence-electron chi connectivity index (χ1n) is 10.7. The zero-order valence-corrected chi connectivity index (χ0v) is 20.8. The first kappa shape index (κ1) is 24.4. The highest BCUT2D eigenvalue weighted by molar-refractivity contribution is 7.89. The van der Waals surface area contributed by atoms with Crippen molar-refractivity contribution in [1.29, 1.82) is 5.26 Å². The highest BCUT2D eigenvalue weighted by Gasteiger charge is 2.35. The number of nitrogens with zero attached hydrogens (tertiary/aromatic N) is 3. The first-order chi connectivity index (χ1) is 16.3. The summed E-state index contributed by atoms with van der Waals surface area (Å²) in [6.07, 6.45) is 0.636. The van der Waals surface area contributed by atoms with Crippen LogP contribution in [-0.2, 0) is 16.6 Å². The molecule has 1 saturated heterocycles. The van der Waals surface area contributed by atoms with E-state index in [9.17, 15) is 13.7 Å². The number of ether oxygens (including phenoxy) is 1. The van der Waals surface area contributed by atoms with Gasteiger partial charge in [-0.15, -0.1) is 0 Å². The topological polar surface area (TPSA) is 73.6 Å². The monoisotopic (exact) mass is 515 g/mol. The minimum atomic E-state index is -3.66. The number of rotatable bonds is 7. The standard InChI is InChI=1S/C25H23Cl2N3O3S/c1-33-22-8-10-23(11-9-22)34(31,32)29-13-12-21(17-29)30(16-19-4-2-3-5-24(19)26)20-7-6-18(15-28)25(27)14-20/h2-11,14,21H,12-13,16-17H2,1H3/t21-/m0/s1. The van der Waals surface area contributed by atoms with Gasteiger partial charge in [-0.2, -0.15) is 9.57 Å². The predicted molar refractivity (Wildman–Crippen MR) is 134 cm³/mol. The molecule has 4 rings (SSSR count). The van der Waals surface area contributed by atoms with Gasteiger partial charge < -0.3 is 9.64 Å². The zero-order chi connectivity index (χ0) is 24.3. The first-order valence-corrected chi connectivity index (χ1v) is 12.9. The lowest BCUT2D eigenvalue weighted by atomic mass is 10.1. The summed E-state index contributed by atoms with van der Waals surface area (Å²) < 4.78 is 33.2. The molecule has 1 aliphatic rings.